The van der Waals surface area contributed by atoms with Gasteiger partial charge in [-0.25, -0.2) is 0 Å². The minimum Gasteiger partial charge on any atom is -0.258 e. The molecule has 24 radical (unpaired) electrons. The van der Waals surface area contributed by atoms with Gasteiger partial charge in [-0.05, 0) is 22.2 Å². The van der Waals surface area contributed by atoms with Crippen molar-refractivity contribution >= 4 is 177 Å². The molecule has 3 rings (SSSR count). The molecular formula is C18B12ClNO2. The Labute approximate surface area is 218 Å². The van der Waals surface area contributed by atoms with Gasteiger partial charge in [0.05, 0.1) is 10.5 Å². The van der Waals surface area contributed by atoms with Crippen LogP contribution in [0.25, 0.3) is 22.3 Å². The summed E-state index contributed by atoms with van der Waals surface area (Å²) in [4.78, 5) is 11.2. The Morgan fingerprint density at radius 3 is 1.15 bits per heavy atom. The van der Waals surface area contributed by atoms with Gasteiger partial charge in [0, 0.05) is 5.02 Å². The molecular weight excluding hydrogens is 427 g/mol. The number of nitro groups is 1. The van der Waals surface area contributed by atoms with Crippen LogP contribution < -0.4 is 65.6 Å². The molecule has 3 aromatic carbocycles. The molecule has 0 saturated heterocycles. The molecule has 0 spiro atoms. The molecule has 0 atom stereocenters. The molecule has 0 fully saturated rings. The highest BCUT2D eigenvalue weighted by Crippen LogP contribution is 2.31. The first kappa shape index (κ1) is 26.7. The summed E-state index contributed by atoms with van der Waals surface area (Å²) in [6, 6.07) is 0. The summed E-state index contributed by atoms with van der Waals surface area (Å²) in [5, 5.41) is 11.8. The maximum atomic E-state index is 12.1. The Kier molecular flexibility index (Phi) is 7.31. The highest BCUT2D eigenvalue weighted by atomic mass is 35.5. The van der Waals surface area contributed by atoms with Crippen LogP contribution in [0.2, 0.25) is 5.02 Å². The monoisotopic (exact) mass is 429 g/mol. The van der Waals surface area contributed by atoms with Gasteiger partial charge in [-0.1, -0.05) is 44.4 Å². The van der Waals surface area contributed by atoms with Crippen molar-refractivity contribution in [2.75, 3.05) is 0 Å². The molecule has 3 nitrogen and oxygen atoms in total. The number of halogens is 1. The normalized spacial score (nSPS) is 11.0. The molecule has 0 aliphatic carbocycles. The van der Waals surface area contributed by atoms with Crippen molar-refractivity contribution in [2.45, 2.75) is 0 Å². The number of rotatable bonds is 3. The third-order valence-corrected chi connectivity index (χ3v) is 5.97. The second-order valence-corrected chi connectivity index (χ2v) is 7.76. The van der Waals surface area contributed by atoms with Crippen molar-refractivity contribution < 1.29 is 4.92 Å². The van der Waals surface area contributed by atoms with Gasteiger partial charge in [0.15, 0.2) is 0 Å². The summed E-state index contributed by atoms with van der Waals surface area (Å²) in [5.41, 5.74) is -4.04. The van der Waals surface area contributed by atoms with Crippen LogP contribution in [0.15, 0.2) is 0 Å². The van der Waals surface area contributed by atoms with Crippen LogP contribution in [0.5, 0.6) is 0 Å². The maximum Gasteiger partial charge on any atom is 0.269 e. The summed E-state index contributed by atoms with van der Waals surface area (Å²) >= 11 is 6.22. The highest BCUT2D eigenvalue weighted by molar-refractivity contribution is 6.71. The Hall–Kier alpha value is -1.87. The molecule has 0 bridgehead atoms. The number of nitrogens with zero attached hydrogens (tertiary/aromatic N) is 1. The van der Waals surface area contributed by atoms with Crippen LogP contribution in [0.1, 0.15) is 0 Å². The summed E-state index contributed by atoms with van der Waals surface area (Å²) in [7, 11) is 72.9. The van der Waals surface area contributed by atoms with E-state index in [9.17, 15) is 10.1 Å². The van der Waals surface area contributed by atoms with E-state index >= 15 is 0 Å². The zero-order chi connectivity index (χ0) is 26.0. The summed E-state index contributed by atoms with van der Waals surface area (Å²) < 4.78 is 0. The predicted molar refractivity (Wildman–Crippen MR) is 154 cm³/mol. The van der Waals surface area contributed by atoms with Gasteiger partial charge in [-0.15, -0.1) is 27.3 Å². The number of benzene rings is 3. The van der Waals surface area contributed by atoms with Crippen molar-refractivity contribution in [3.8, 4) is 22.3 Å². The van der Waals surface area contributed by atoms with Gasteiger partial charge in [-0.3, -0.25) is 10.1 Å². The quantitative estimate of drug-likeness (QED) is 0.237. The summed E-state index contributed by atoms with van der Waals surface area (Å²) in [5.74, 6) is 0. The van der Waals surface area contributed by atoms with Crippen molar-refractivity contribution in [3.63, 3.8) is 0 Å². The summed E-state index contributed by atoms with van der Waals surface area (Å²) in [6.45, 7) is 0. The van der Waals surface area contributed by atoms with Crippen LogP contribution >= 0.6 is 11.6 Å². The second kappa shape index (κ2) is 9.30. The fourth-order valence-electron chi connectivity index (χ4n) is 3.67. The smallest absolute Gasteiger partial charge is 0.258 e. The van der Waals surface area contributed by atoms with E-state index in [0.29, 0.717) is 0 Å². The number of hydrogen-bond donors (Lipinski definition) is 0. The van der Waals surface area contributed by atoms with Gasteiger partial charge in [0.1, 0.15) is 94.2 Å². The van der Waals surface area contributed by atoms with Gasteiger partial charge < -0.3 is 0 Å². The molecule has 16 heteroatoms. The van der Waals surface area contributed by atoms with Crippen LogP contribution in [-0.4, -0.2) is 99.1 Å². The van der Waals surface area contributed by atoms with Gasteiger partial charge in [-0.2, -0.15) is 0 Å². The molecule has 0 heterocycles. The Balaban J connectivity index is 2.75. The molecule has 0 aliphatic rings. The number of nitro benzene ring substituents is 1. The molecule has 0 amide bonds. The van der Waals surface area contributed by atoms with Crippen molar-refractivity contribution in [2.24, 2.45) is 0 Å². The van der Waals surface area contributed by atoms with Crippen LogP contribution in [0, 0.1) is 10.1 Å². The first-order valence-corrected chi connectivity index (χ1v) is 9.62. The molecule has 0 aliphatic heterocycles. The lowest BCUT2D eigenvalue weighted by atomic mass is 9.55. The molecule has 0 N–H and O–H groups in total. The van der Waals surface area contributed by atoms with Gasteiger partial charge >= 0.3 is 0 Å². The molecule has 34 heavy (non-hydrogen) atoms. The predicted octanol–water partition coefficient (Wildman–Crippen LogP) is -8.89. The van der Waals surface area contributed by atoms with Crippen molar-refractivity contribution in [1.82, 2.24) is 0 Å². The summed E-state index contributed by atoms with van der Waals surface area (Å²) in [6.07, 6.45) is 0. The van der Waals surface area contributed by atoms with Crippen molar-refractivity contribution in [3.05, 3.63) is 15.1 Å². The lowest BCUT2D eigenvalue weighted by Gasteiger charge is -2.29. The van der Waals surface area contributed by atoms with Crippen LogP contribution in [0.4, 0.5) is 5.69 Å². The van der Waals surface area contributed by atoms with E-state index in [1.165, 1.54) is 0 Å². The third-order valence-electron chi connectivity index (χ3n) is 5.57. The first-order valence-electron chi connectivity index (χ1n) is 9.24. The van der Waals surface area contributed by atoms with E-state index in [0.717, 1.165) is 0 Å². The van der Waals surface area contributed by atoms with Crippen molar-refractivity contribution in [1.29, 1.82) is 0 Å². The molecule has 0 aromatic heterocycles. The average molecular weight is 427 g/mol. The zero-order valence-corrected chi connectivity index (χ0v) is 18.3. The highest BCUT2D eigenvalue weighted by Gasteiger charge is 2.30. The Morgan fingerprint density at radius 2 is 0.765 bits per heavy atom. The lowest BCUT2D eigenvalue weighted by molar-refractivity contribution is -0.382. The van der Waals surface area contributed by atoms with Crippen LogP contribution in [-0.2, 0) is 0 Å². The Morgan fingerprint density at radius 1 is 0.441 bits per heavy atom. The largest absolute Gasteiger partial charge is 0.269 e. The first-order chi connectivity index (χ1) is 15.7. The van der Waals surface area contributed by atoms with E-state index in [4.69, 9.17) is 106 Å². The second-order valence-electron chi connectivity index (χ2n) is 7.38. The maximum absolute atomic E-state index is 12.1. The van der Waals surface area contributed by atoms with E-state index in [2.05, 4.69) is 0 Å². The van der Waals surface area contributed by atoms with E-state index in [-0.39, 0.29) is 87.4 Å². The fourth-order valence-corrected chi connectivity index (χ4v) is 3.87. The Bertz CT molecular complexity index is 1400. The van der Waals surface area contributed by atoms with E-state index < -0.39 is 16.1 Å². The van der Waals surface area contributed by atoms with Crippen LogP contribution in [0.3, 0.4) is 0 Å². The average Bonchev–Trinajstić information content (AvgIpc) is 2.79. The van der Waals surface area contributed by atoms with Gasteiger partial charge in [0.25, 0.3) is 5.69 Å². The molecule has 0 saturated carbocycles. The standard InChI is InChI=1S/C18B12ClNO2/c19-5-1(3-7(21)12(26)14(28)13(27)8(3)22)2(6(20)11(25)10(5)24)4-9(23)17(31)15(29)16(30)18(4)32(33)34. The van der Waals surface area contributed by atoms with Gasteiger partial charge in [0.2, 0.25) is 0 Å². The molecule has 0 unspecified atom stereocenters. The SMILES string of the molecule is [B]c1c([B])c([B])c(-c2c([B])c([B])c([B])c([B])c2-c2c([B])c(Cl)c([B])c([B])c2[N+](=O)[O-])c([B])c1[B]. The molecule has 3 aromatic rings. The number of hydrogen-bond acceptors (Lipinski definition) is 2. The third kappa shape index (κ3) is 3.79. The zero-order valence-electron chi connectivity index (χ0n) is 17.6. The topological polar surface area (TPSA) is 43.1 Å². The van der Waals surface area contributed by atoms with E-state index in [1.807, 2.05) is 0 Å². The van der Waals surface area contributed by atoms with E-state index in [1.54, 1.807) is 0 Å². The fraction of sp³-hybridized carbons (Fsp3) is 0. The minimum absolute atomic E-state index is 0.0599. The lowest BCUT2D eigenvalue weighted by Crippen LogP contribution is -2.57. The minimum atomic E-state index is -0.821. The molecule has 132 valence electrons.